The summed E-state index contributed by atoms with van der Waals surface area (Å²) >= 11 is 3.29. The zero-order chi connectivity index (χ0) is 15.3. The summed E-state index contributed by atoms with van der Waals surface area (Å²) in [7, 11) is -3.62. The molecule has 0 aromatic heterocycles. The molecule has 2 nitrogen and oxygen atoms in total. The first kappa shape index (κ1) is 14.7. The summed E-state index contributed by atoms with van der Waals surface area (Å²) in [5, 5.41) is 0. The van der Waals surface area contributed by atoms with E-state index >= 15 is 0 Å². The third-order valence-corrected chi connectivity index (χ3v) is 6.34. The maximum absolute atomic E-state index is 14.4. The Hall–Kier alpha value is -1.20. The van der Waals surface area contributed by atoms with Crippen molar-refractivity contribution >= 4 is 25.8 Å². The fraction of sp³-hybridized carbons (Fsp3) is 0.250. The number of rotatable bonds is 2. The lowest BCUT2D eigenvalue weighted by Crippen LogP contribution is -2.11. The molecule has 0 spiro atoms. The van der Waals surface area contributed by atoms with Crippen molar-refractivity contribution in [1.82, 2.24) is 0 Å². The topological polar surface area (TPSA) is 34.1 Å². The van der Waals surface area contributed by atoms with Gasteiger partial charge in [0.05, 0.1) is 9.79 Å². The quantitative estimate of drug-likeness (QED) is 0.786. The summed E-state index contributed by atoms with van der Waals surface area (Å²) in [6.45, 7) is 1.51. The molecule has 0 fully saturated rings. The Morgan fingerprint density at radius 1 is 1.14 bits per heavy atom. The van der Waals surface area contributed by atoms with Crippen molar-refractivity contribution in [3.05, 3.63) is 58.1 Å². The summed E-state index contributed by atoms with van der Waals surface area (Å²) in [5.74, 6) is 0. The molecule has 110 valence electrons. The second-order valence-electron chi connectivity index (χ2n) is 5.44. The highest BCUT2D eigenvalue weighted by molar-refractivity contribution is 9.10. The highest BCUT2D eigenvalue weighted by Gasteiger charge is 2.37. The number of hydrogen-bond donors (Lipinski definition) is 0. The number of halogens is 2. The van der Waals surface area contributed by atoms with Gasteiger partial charge in [-0.3, -0.25) is 0 Å². The van der Waals surface area contributed by atoms with Crippen molar-refractivity contribution in [3.8, 4) is 0 Å². The Morgan fingerprint density at radius 2 is 1.81 bits per heavy atom. The van der Waals surface area contributed by atoms with Gasteiger partial charge in [0.2, 0.25) is 9.84 Å². The molecule has 1 atom stereocenters. The molecule has 2 aromatic rings. The van der Waals surface area contributed by atoms with Crippen LogP contribution in [-0.2, 0) is 21.9 Å². The minimum Gasteiger partial charge on any atom is -0.239 e. The van der Waals surface area contributed by atoms with Crippen LogP contribution in [0.2, 0.25) is 0 Å². The average Bonchev–Trinajstić information content (AvgIpc) is 2.75. The van der Waals surface area contributed by atoms with Crippen LogP contribution in [0.4, 0.5) is 4.39 Å². The summed E-state index contributed by atoms with van der Waals surface area (Å²) in [5.41, 5.74) is -0.327. The van der Waals surface area contributed by atoms with Crippen molar-refractivity contribution in [2.24, 2.45) is 0 Å². The first-order chi connectivity index (χ1) is 9.82. The van der Waals surface area contributed by atoms with Crippen LogP contribution in [0.5, 0.6) is 0 Å². The molecule has 0 saturated heterocycles. The van der Waals surface area contributed by atoms with Crippen molar-refractivity contribution in [2.75, 3.05) is 0 Å². The summed E-state index contributed by atoms with van der Waals surface area (Å²) in [6, 6.07) is 11.4. The zero-order valence-corrected chi connectivity index (χ0v) is 13.8. The smallest absolute Gasteiger partial charge is 0.206 e. The highest BCUT2D eigenvalue weighted by atomic mass is 79.9. The molecule has 0 radical (unpaired) electrons. The first-order valence-electron chi connectivity index (χ1n) is 6.64. The number of benzene rings is 2. The van der Waals surface area contributed by atoms with Crippen molar-refractivity contribution in [1.29, 1.82) is 0 Å². The molecule has 1 aliphatic carbocycles. The van der Waals surface area contributed by atoms with Crippen LogP contribution in [0, 0.1) is 0 Å². The van der Waals surface area contributed by atoms with E-state index in [4.69, 9.17) is 0 Å². The Bertz CT molecular complexity index is 796. The number of hydrogen-bond acceptors (Lipinski definition) is 2. The summed E-state index contributed by atoms with van der Waals surface area (Å²) < 4.78 is 40.8. The minimum absolute atomic E-state index is 0.226. The Labute approximate surface area is 132 Å². The maximum atomic E-state index is 14.4. The van der Waals surface area contributed by atoms with Gasteiger partial charge in [-0.05, 0) is 61.2 Å². The van der Waals surface area contributed by atoms with Crippen LogP contribution in [-0.4, -0.2) is 8.42 Å². The van der Waals surface area contributed by atoms with Crippen LogP contribution >= 0.6 is 15.9 Å². The van der Waals surface area contributed by atoms with E-state index in [2.05, 4.69) is 15.9 Å². The number of sulfone groups is 1. The van der Waals surface area contributed by atoms with Gasteiger partial charge in [-0.1, -0.05) is 28.1 Å². The van der Waals surface area contributed by atoms with Gasteiger partial charge >= 0.3 is 0 Å². The Balaban J connectivity index is 2.18. The number of fused-ring (bicyclic) bond motifs is 1. The van der Waals surface area contributed by atoms with Gasteiger partial charge in [0.25, 0.3) is 0 Å². The molecule has 0 bridgehead atoms. The average molecular weight is 369 g/mol. The van der Waals surface area contributed by atoms with Crippen molar-refractivity contribution < 1.29 is 12.8 Å². The van der Waals surface area contributed by atoms with Crippen LogP contribution in [0.1, 0.15) is 24.5 Å². The lowest BCUT2D eigenvalue weighted by molar-refractivity contribution is 0.194. The van der Waals surface area contributed by atoms with Gasteiger partial charge in [-0.2, -0.15) is 0 Å². The fourth-order valence-corrected chi connectivity index (χ4v) is 4.61. The van der Waals surface area contributed by atoms with Crippen LogP contribution in [0.15, 0.2) is 56.7 Å². The first-order valence-corrected chi connectivity index (χ1v) is 8.92. The van der Waals surface area contributed by atoms with Crippen LogP contribution in [0.3, 0.4) is 0 Å². The van der Waals surface area contributed by atoms with E-state index in [1.807, 2.05) is 0 Å². The molecule has 1 unspecified atom stereocenters. The molecule has 0 aliphatic heterocycles. The van der Waals surface area contributed by atoms with Gasteiger partial charge in [-0.15, -0.1) is 0 Å². The third kappa shape index (κ3) is 2.42. The minimum atomic E-state index is -3.62. The molecule has 2 aromatic carbocycles. The highest BCUT2D eigenvalue weighted by Crippen LogP contribution is 2.43. The molecule has 0 N–H and O–H groups in total. The van der Waals surface area contributed by atoms with Crippen LogP contribution < -0.4 is 0 Å². The Morgan fingerprint density at radius 3 is 2.48 bits per heavy atom. The standard InChI is InChI=1S/C16H14BrFO2S/c1-16(18)10-9-13-14(16)3-2-4-15(13)21(19,20)12-7-5-11(17)6-8-12/h2-8H,9-10H2,1H3. The Kier molecular flexibility index (Phi) is 3.45. The molecule has 0 heterocycles. The summed E-state index contributed by atoms with van der Waals surface area (Å²) in [6.07, 6.45) is 0.781. The second-order valence-corrected chi connectivity index (χ2v) is 8.27. The normalized spacial score (nSPS) is 21.3. The van der Waals surface area contributed by atoms with E-state index in [0.717, 1.165) is 4.47 Å². The molecule has 3 rings (SSSR count). The van der Waals surface area contributed by atoms with E-state index in [9.17, 15) is 12.8 Å². The van der Waals surface area contributed by atoms with Gasteiger partial charge < -0.3 is 0 Å². The third-order valence-electron chi connectivity index (χ3n) is 3.95. The molecule has 0 amide bonds. The molecule has 1 aliphatic rings. The van der Waals surface area contributed by atoms with E-state index in [1.54, 1.807) is 42.5 Å². The van der Waals surface area contributed by atoms with Crippen molar-refractivity contribution in [2.45, 2.75) is 35.2 Å². The van der Waals surface area contributed by atoms with E-state index in [0.29, 0.717) is 24.0 Å². The largest absolute Gasteiger partial charge is 0.239 e. The van der Waals surface area contributed by atoms with Gasteiger partial charge in [-0.25, -0.2) is 12.8 Å². The van der Waals surface area contributed by atoms with E-state index < -0.39 is 15.5 Å². The van der Waals surface area contributed by atoms with E-state index in [-0.39, 0.29) is 9.79 Å². The van der Waals surface area contributed by atoms with Crippen molar-refractivity contribution in [3.63, 3.8) is 0 Å². The molecule has 21 heavy (non-hydrogen) atoms. The predicted molar refractivity (Wildman–Crippen MR) is 82.8 cm³/mol. The van der Waals surface area contributed by atoms with Gasteiger partial charge in [0, 0.05) is 4.47 Å². The number of alkyl halides is 1. The lowest BCUT2D eigenvalue weighted by Gasteiger charge is -2.15. The second kappa shape index (κ2) is 4.92. The molecule has 0 saturated carbocycles. The van der Waals surface area contributed by atoms with Gasteiger partial charge in [0.1, 0.15) is 5.67 Å². The fourth-order valence-electron chi connectivity index (χ4n) is 2.80. The van der Waals surface area contributed by atoms with E-state index in [1.165, 1.54) is 6.92 Å². The molecular formula is C16H14BrFO2S. The molecular weight excluding hydrogens is 355 g/mol. The SMILES string of the molecule is CC1(F)CCc2c1cccc2S(=O)(=O)c1ccc(Br)cc1. The predicted octanol–water partition coefficient (Wildman–Crippen LogP) is 4.41. The summed E-state index contributed by atoms with van der Waals surface area (Å²) in [4.78, 5) is 0.454. The monoisotopic (exact) mass is 368 g/mol. The van der Waals surface area contributed by atoms with Gasteiger partial charge in [0.15, 0.2) is 0 Å². The molecule has 5 heteroatoms. The lowest BCUT2D eigenvalue weighted by atomic mass is 10.0. The maximum Gasteiger partial charge on any atom is 0.206 e. The zero-order valence-electron chi connectivity index (χ0n) is 11.4. The van der Waals surface area contributed by atoms with Crippen LogP contribution in [0.25, 0.3) is 0 Å².